The lowest BCUT2D eigenvalue weighted by molar-refractivity contribution is -0.119. The topological polar surface area (TPSA) is 120 Å². The van der Waals surface area contributed by atoms with Gasteiger partial charge >= 0.3 is 19.2 Å². The number of thioether (sulfide) groups is 1. The second-order valence-corrected chi connectivity index (χ2v) is 6.47. The molecule has 1 amide bonds. The van der Waals surface area contributed by atoms with Crippen LogP contribution in [0.4, 0.5) is 9.18 Å². The third kappa shape index (κ3) is 5.52. The van der Waals surface area contributed by atoms with E-state index >= 15 is 0 Å². The molecule has 0 aliphatic carbocycles. The molecule has 28 heavy (non-hydrogen) atoms. The third-order valence-corrected chi connectivity index (χ3v) is 4.22. The first-order valence-electron chi connectivity index (χ1n) is 8.28. The van der Waals surface area contributed by atoms with Gasteiger partial charge in [0.1, 0.15) is 17.1 Å². The second-order valence-electron chi connectivity index (χ2n) is 5.61. The third-order valence-electron chi connectivity index (χ3n) is 3.67. The summed E-state index contributed by atoms with van der Waals surface area (Å²) in [6, 6.07) is 2.43. The van der Waals surface area contributed by atoms with Gasteiger partial charge in [0.15, 0.2) is 0 Å². The van der Waals surface area contributed by atoms with Crippen molar-refractivity contribution < 1.29 is 42.7 Å². The van der Waals surface area contributed by atoms with Crippen molar-refractivity contribution in [2.45, 2.75) is 19.3 Å². The Kier molecular flexibility index (Phi) is 7.94. The number of amides is 1. The predicted molar refractivity (Wildman–Crippen MR) is 97.4 cm³/mol. The van der Waals surface area contributed by atoms with Gasteiger partial charge in [0.2, 0.25) is 12.7 Å². The van der Waals surface area contributed by atoms with Gasteiger partial charge in [0, 0.05) is 0 Å². The summed E-state index contributed by atoms with van der Waals surface area (Å²) in [7, 11) is -1.48. The molecule has 1 aromatic carbocycles. The number of carbonyl (C=O) groups is 3. The molecule has 12 heteroatoms. The molecule has 2 N–H and O–H groups in total. The molecule has 1 aromatic rings. The van der Waals surface area contributed by atoms with Crippen LogP contribution >= 0.6 is 11.8 Å². The number of hydrogen-bond acceptors (Lipinski definition) is 9. The highest BCUT2D eigenvalue weighted by molar-refractivity contribution is 7.99. The molecule has 1 atom stereocenters. The Morgan fingerprint density at radius 1 is 1.36 bits per heavy atom. The number of rotatable bonds is 7. The number of esters is 1. The molecule has 0 fully saturated rings. The monoisotopic (exact) mass is 415 g/mol. The molecule has 0 saturated heterocycles. The summed E-state index contributed by atoms with van der Waals surface area (Å²) < 4.78 is 33.2. The molecule has 152 valence electrons. The average Bonchev–Trinajstić information content (AvgIpc) is 2.63. The number of fused-ring (bicyclic) bond motifs is 1. The standard InChI is InChI=1S/C16H19BFNO8S/c1-3-24-16(22)26-8-25-15(21)13-10(18)5-4-9-6-11(17(23)27-14(9)13)19-12(20)7-28-2/h4-5,11,23H,3,6-8H2,1-2H3,(H,19,20)/t11-/m0/s1. The molecule has 0 aromatic heterocycles. The Labute approximate surface area is 165 Å². The molecule has 2 rings (SSSR count). The molecule has 1 aliphatic rings. The summed E-state index contributed by atoms with van der Waals surface area (Å²) in [4.78, 5) is 35.0. The highest BCUT2D eigenvalue weighted by Crippen LogP contribution is 2.32. The van der Waals surface area contributed by atoms with E-state index in [1.807, 2.05) is 0 Å². The smallest absolute Gasteiger partial charge is 0.534 e. The number of halogens is 1. The second kappa shape index (κ2) is 10.2. The van der Waals surface area contributed by atoms with Crippen molar-refractivity contribution >= 4 is 36.9 Å². The summed E-state index contributed by atoms with van der Waals surface area (Å²) in [6.07, 6.45) is 0.840. The zero-order chi connectivity index (χ0) is 20.7. The van der Waals surface area contributed by atoms with Crippen LogP contribution in [0.2, 0.25) is 0 Å². The summed E-state index contributed by atoms with van der Waals surface area (Å²) in [6.45, 7) is 0.864. The largest absolute Gasteiger partial charge is 0.547 e. The highest BCUT2D eigenvalue weighted by atomic mass is 32.2. The fourth-order valence-electron chi connectivity index (χ4n) is 2.49. The quantitative estimate of drug-likeness (QED) is 0.380. The molecule has 0 bridgehead atoms. The van der Waals surface area contributed by atoms with Crippen molar-refractivity contribution in [3.05, 3.63) is 29.1 Å². The Hall–Kier alpha value is -2.47. The zero-order valence-corrected chi connectivity index (χ0v) is 16.0. The van der Waals surface area contributed by atoms with Gasteiger partial charge in [-0.05, 0) is 31.2 Å². The summed E-state index contributed by atoms with van der Waals surface area (Å²) in [5, 5.41) is 12.8. The van der Waals surface area contributed by atoms with Crippen LogP contribution in [0.1, 0.15) is 22.8 Å². The number of nitrogens with one attached hydrogen (secondary N) is 1. The molecular formula is C16H19BFNO8S. The van der Waals surface area contributed by atoms with E-state index in [1.165, 1.54) is 17.8 Å². The van der Waals surface area contributed by atoms with E-state index in [-0.39, 0.29) is 30.4 Å². The molecular weight excluding hydrogens is 396 g/mol. The lowest BCUT2D eigenvalue weighted by Crippen LogP contribution is -2.53. The lowest BCUT2D eigenvalue weighted by Gasteiger charge is -2.29. The Morgan fingerprint density at radius 3 is 2.79 bits per heavy atom. The van der Waals surface area contributed by atoms with E-state index in [0.29, 0.717) is 5.56 Å². The van der Waals surface area contributed by atoms with Gasteiger partial charge < -0.3 is 29.2 Å². The van der Waals surface area contributed by atoms with Crippen molar-refractivity contribution in [3.8, 4) is 5.75 Å². The fourth-order valence-corrected chi connectivity index (χ4v) is 2.84. The van der Waals surface area contributed by atoms with Gasteiger partial charge in [-0.2, -0.15) is 11.8 Å². The van der Waals surface area contributed by atoms with Gasteiger partial charge in [-0.3, -0.25) is 4.79 Å². The van der Waals surface area contributed by atoms with Crippen LogP contribution in [0.5, 0.6) is 5.75 Å². The van der Waals surface area contributed by atoms with Gasteiger partial charge in [0.05, 0.1) is 18.3 Å². The van der Waals surface area contributed by atoms with Crippen molar-refractivity contribution in [1.29, 1.82) is 0 Å². The van der Waals surface area contributed by atoms with Gasteiger partial charge in [-0.15, -0.1) is 0 Å². The molecule has 0 unspecified atom stereocenters. The SMILES string of the molecule is CCOC(=O)OCOC(=O)c1c(F)ccc2c1OB(O)[C@@H](NC(=O)CSC)C2. The molecule has 1 heterocycles. The Balaban J connectivity index is 2.11. The molecule has 1 aliphatic heterocycles. The highest BCUT2D eigenvalue weighted by Gasteiger charge is 2.39. The van der Waals surface area contributed by atoms with E-state index in [2.05, 4.69) is 14.8 Å². The first-order chi connectivity index (χ1) is 13.4. The van der Waals surface area contributed by atoms with Crippen molar-refractivity contribution in [1.82, 2.24) is 5.32 Å². The van der Waals surface area contributed by atoms with Crippen molar-refractivity contribution in [2.75, 3.05) is 25.4 Å². The normalized spacial score (nSPS) is 15.1. The summed E-state index contributed by atoms with van der Waals surface area (Å²) in [5.74, 6) is -3.11. The lowest BCUT2D eigenvalue weighted by atomic mass is 9.72. The van der Waals surface area contributed by atoms with E-state index in [9.17, 15) is 23.8 Å². The summed E-state index contributed by atoms with van der Waals surface area (Å²) >= 11 is 1.32. The van der Waals surface area contributed by atoms with E-state index in [4.69, 9.17) is 9.39 Å². The fraction of sp³-hybridized carbons (Fsp3) is 0.438. The van der Waals surface area contributed by atoms with Crippen LogP contribution in [0.25, 0.3) is 0 Å². The predicted octanol–water partition coefficient (Wildman–Crippen LogP) is 0.916. The van der Waals surface area contributed by atoms with Gasteiger partial charge in [0.25, 0.3) is 0 Å². The first kappa shape index (κ1) is 21.8. The van der Waals surface area contributed by atoms with Crippen molar-refractivity contribution in [3.63, 3.8) is 0 Å². The van der Waals surface area contributed by atoms with E-state index in [0.717, 1.165) is 6.07 Å². The van der Waals surface area contributed by atoms with E-state index < -0.39 is 43.4 Å². The van der Waals surface area contributed by atoms with Crippen molar-refractivity contribution in [2.24, 2.45) is 0 Å². The number of benzene rings is 1. The molecule has 9 nitrogen and oxygen atoms in total. The minimum Gasteiger partial charge on any atom is -0.534 e. The van der Waals surface area contributed by atoms with Gasteiger partial charge in [-0.1, -0.05) is 6.07 Å². The zero-order valence-electron chi connectivity index (χ0n) is 15.2. The summed E-state index contributed by atoms with van der Waals surface area (Å²) in [5.41, 5.74) is -0.141. The van der Waals surface area contributed by atoms with E-state index in [1.54, 1.807) is 13.2 Å². The minimum absolute atomic E-state index is 0.0774. The van der Waals surface area contributed by atoms with Crippen LogP contribution < -0.4 is 9.97 Å². The van der Waals surface area contributed by atoms with Crippen LogP contribution in [0.3, 0.4) is 0 Å². The molecule has 0 spiro atoms. The van der Waals surface area contributed by atoms with Gasteiger partial charge in [-0.25, -0.2) is 14.0 Å². The molecule has 0 saturated carbocycles. The van der Waals surface area contributed by atoms with Crippen LogP contribution in [0, 0.1) is 5.82 Å². The van der Waals surface area contributed by atoms with Crippen LogP contribution in [0.15, 0.2) is 12.1 Å². The first-order valence-corrected chi connectivity index (χ1v) is 9.67. The maximum Gasteiger partial charge on any atom is 0.547 e. The number of carbonyl (C=O) groups excluding carboxylic acids is 3. The minimum atomic E-state index is -1.48. The van der Waals surface area contributed by atoms with Crippen LogP contribution in [-0.2, 0) is 25.4 Å². The Morgan fingerprint density at radius 2 is 2.11 bits per heavy atom. The molecule has 0 radical (unpaired) electrons. The average molecular weight is 415 g/mol. The Bertz CT molecular complexity index is 750. The maximum absolute atomic E-state index is 14.2. The number of hydrogen-bond donors (Lipinski definition) is 2. The number of ether oxygens (including phenoxy) is 3. The maximum atomic E-state index is 14.2. The van der Waals surface area contributed by atoms with Crippen LogP contribution in [-0.4, -0.2) is 61.5 Å².